The Morgan fingerprint density at radius 2 is 2.47 bits per heavy atom. The number of ether oxygens (including phenoxy) is 1. The maximum Gasteiger partial charge on any atom is 0.279 e. The number of amides is 1. The van der Waals surface area contributed by atoms with Gasteiger partial charge in [0, 0.05) is 11.8 Å². The normalized spacial score (nSPS) is 19.6. The van der Waals surface area contributed by atoms with E-state index in [2.05, 4.69) is 10.3 Å². The van der Waals surface area contributed by atoms with E-state index in [-0.39, 0.29) is 11.3 Å². The molecule has 1 aromatic heterocycles. The highest BCUT2D eigenvalue weighted by Gasteiger charge is 2.27. The van der Waals surface area contributed by atoms with Crippen molar-refractivity contribution in [2.24, 2.45) is 0 Å². The van der Waals surface area contributed by atoms with Gasteiger partial charge >= 0.3 is 0 Å². The summed E-state index contributed by atoms with van der Waals surface area (Å²) in [5, 5.41) is 2.76. The summed E-state index contributed by atoms with van der Waals surface area (Å²) in [6.45, 7) is 0. The SMILES string of the molecule is COc1ccc2nc(C3CSC(=O)N3)oc2c1. The minimum Gasteiger partial charge on any atom is -0.497 e. The van der Waals surface area contributed by atoms with E-state index in [1.54, 1.807) is 13.2 Å². The minimum atomic E-state index is -0.133. The summed E-state index contributed by atoms with van der Waals surface area (Å²) in [6.07, 6.45) is 0. The predicted octanol–water partition coefficient (Wildman–Crippen LogP) is 2.33. The van der Waals surface area contributed by atoms with E-state index in [0.29, 0.717) is 17.2 Å². The number of nitrogens with zero attached hydrogens (tertiary/aromatic N) is 1. The van der Waals surface area contributed by atoms with Gasteiger partial charge in [0.1, 0.15) is 17.3 Å². The van der Waals surface area contributed by atoms with E-state index >= 15 is 0 Å². The number of nitrogens with one attached hydrogen (secondary N) is 1. The second-order valence-corrected chi connectivity index (χ2v) is 4.67. The molecule has 2 aromatic rings. The molecule has 0 aliphatic carbocycles. The van der Waals surface area contributed by atoms with Crippen LogP contribution in [-0.2, 0) is 0 Å². The Labute approximate surface area is 102 Å². The summed E-state index contributed by atoms with van der Waals surface area (Å²) in [7, 11) is 1.60. The Hall–Kier alpha value is -1.69. The van der Waals surface area contributed by atoms with Crippen molar-refractivity contribution >= 4 is 28.1 Å². The Morgan fingerprint density at radius 3 is 3.18 bits per heavy atom. The van der Waals surface area contributed by atoms with Gasteiger partial charge in [-0.15, -0.1) is 0 Å². The molecule has 2 heterocycles. The van der Waals surface area contributed by atoms with Crippen LogP contribution in [-0.4, -0.2) is 23.1 Å². The van der Waals surface area contributed by atoms with Crippen LogP contribution in [0.15, 0.2) is 22.6 Å². The largest absolute Gasteiger partial charge is 0.497 e. The maximum atomic E-state index is 11.1. The van der Waals surface area contributed by atoms with Gasteiger partial charge in [-0.2, -0.15) is 0 Å². The highest BCUT2D eigenvalue weighted by molar-refractivity contribution is 8.13. The van der Waals surface area contributed by atoms with Crippen LogP contribution < -0.4 is 10.1 Å². The molecule has 0 bridgehead atoms. The molecule has 0 radical (unpaired) electrons. The first-order chi connectivity index (χ1) is 8.26. The maximum absolute atomic E-state index is 11.1. The number of carbonyl (C=O) groups excluding carboxylic acids is 1. The average molecular weight is 250 g/mol. The molecule has 88 valence electrons. The summed E-state index contributed by atoms with van der Waals surface area (Å²) in [5.74, 6) is 1.93. The number of aromatic nitrogens is 1. The quantitative estimate of drug-likeness (QED) is 0.886. The second-order valence-electron chi connectivity index (χ2n) is 3.68. The van der Waals surface area contributed by atoms with Gasteiger partial charge in [-0.3, -0.25) is 4.79 Å². The number of hydrogen-bond acceptors (Lipinski definition) is 5. The number of oxazole rings is 1. The van der Waals surface area contributed by atoms with Gasteiger partial charge in [0.05, 0.1) is 7.11 Å². The fraction of sp³-hybridized carbons (Fsp3) is 0.273. The van der Waals surface area contributed by atoms with Gasteiger partial charge in [-0.05, 0) is 12.1 Å². The molecule has 0 spiro atoms. The number of hydrogen-bond donors (Lipinski definition) is 1. The van der Waals surface area contributed by atoms with E-state index in [0.717, 1.165) is 11.3 Å². The number of fused-ring (bicyclic) bond motifs is 1. The van der Waals surface area contributed by atoms with Crippen LogP contribution in [0.3, 0.4) is 0 Å². The smallest absolute Gasteiger partial charge is 0.279 e. The number of benzene rings is 1. The van der Waals surface area contributed by atoms with E-state index in [1.165, 1.54) is 11.8 Å². The molecule has 1 aromatic carbocycles. The lowest BCUT2D eigenvalue weighted by atomic mass is 10.3. The molecular formula is C11H10N2O3S. The Kier molecular flexibility index (Phi) is 2.44. The molecule has 6 heteroatoms. The number of carbonyl (C=O) groups is 1. The summed E-state index contributed by atoms with van der Waals surface area (Å²) < 4.78 is 10.7. The number of methoxy groups -OCH3 is 1. The van der Waals surface area contributed by atoms with Crippen molar-refractivity contribution in [3.8, 4) is 5.75 Å². The van der Waals surface area contributed by atoms with Crippen LogP contribution in [0, 0.1) is 0 Å². The molecule has 5 nitrogen and oxygen atoms in total. The Morgan fingerprint density at radius 1 is 1.59 bits per heavy atom. The molecule has 1 aliphatic rings. The van der Waals surface area contributed by atoms with Crippen molar-refractivity contribution in [3.63, 3.8) is 0 Å². The molecule has 1 atom stereocenters. The zero-order chi connectivity index (χ0) is 11.8. The summed E-state index contributed by atoms with van der Waals surface area (Å²) in [4.78, 5) is 15.5. The van der Waals surface area contributed by atoms with Crippen molar-refractivity contribution in [2.45, 2.75) is 6.04 Å². The lowest BCUT2D eigenvalue weighted by Crippen LogP contribution is -2.17. The zero-order valence-electron chi connectivity index (χ0n) is 9.10. The van der Waals surface area contributed by atoms with Gasteiger partial charge < -0.3 is 14.5 Å². The Bertz CT molecular complexity index is 581. The molecule has 1 saturated heterocycles. The van der Waals surface area contributed by atoms with E-state index in [1.807, 2.05) is 12.1 Å². The molecular weight excluding hydrogens is 240 g/mol. The molecule has 0 saturated carbocycles. The lowest BCUT2D eigenvalue weighted by molar-refractivity contribution is 0.259. The van der Waals surface area contributed by atoms with Crippen LogP contribution in [0.4, 0.5) is 4.79 Å². The van der Waals surface area contributed by atoms with Crippen molar-refractivity contribution in [3.05, 3.63) is 24.1 Å². The van der Waals surface area contributed by atoms with Crippen LogP contribution in [0.5, 0.6) is 5.75 Å². The van der Waals surface area contributed by atoms with Gasteiger partial charge in [0.15, 0.2) is 5.58 Å². The zero-order valence-corrected chi connectivity index (χ0v) is 9.91. The lowest BCUT2D eigenvalue weighted by Gasteiger charge is -2.01. The van der Waals surface area contributed by atoms with Crippen LogP contribution in [0.25, 0.3) is 11.1 Å². The standard InChI is InChI=1S/C11H10N2O3S/c1-15-6-2-3-7-9(4-6)16-10(12-7)8-5-17-11(14)13-8/h2-4,8H,5H2,1H3,(H,13,14). The van der Waals surface area contributed by atoms with Crippen molar-refractivity contribution in [2.75, 3.05) is 12.9 Å². The third kappa shape index (κ3) is 1.84. The fourth-order valence-electron chi connectivity index (χ4n) is 1.72. The van der Waals surface area contributed by atoms with Gasteiger partial charge in [0.25, 0.3) is 5.24 Å². The summed E-state index contributed by atoms with van der Waals surface area (Å²) in [6, 6.07) is 5.32. The fourth-order valence-corrected chi connectivity index (χ4v) is 2.49. The second kappa shape index (κ2) is 3.96. The molecule has 17 heavy (non-hydrogen) atoms. The third-order valence-electron chi connectivity index (χ3n) is 2.58. The van der Waals surface area contributed by atoms with Crippen molar-refractivity contribution in [1.82, 2.24) is 10.3 Å². The molecule has 1 fully saturated rings. The van der Waals surface area contributed by atoms with E-state index in [4.69, 9.17) is 9.15 Å². The predicted molar refractivity (Wildman–Crippen MR) is 64.3 cm³/mol. The van der Waals surface area contributed by atoms with Crippen LogP contribution in [0.2, 0.25) is 0 Å². The molecule has 1 aliphatic heterocycles. The minimum absolute atomic E-state index is 0.0326. The molecule has 3 rings (SSSR count). The van der Waals surface area contributed by atoms with Gasteiger partial charge in [-0.1, -0.05) is 11.8 Å². The molecule has 1 unspecified atom stereocenters. The summed E-state index contributed by atoms with van der Waals surface area (Å²) >= 11 is 1.24. The third-order valence-corrected chi connectivity index (χ3v) is 3.46. The van der Waals surface area contributed by atoms with Crippen molar-refractivity contribution < 1.29 is 13.9 Å². The average Bonchev–Trinajstić information content (AvgIpc) is 2.93. The first-order valence-corrected chi connectivity index (χ1v) is 6.12. The van der Waals surface area contributed by atoms with Gasteiger partial charge in [0.2, 0.25) is 5.89 Å². The summed E-state index contributed by atoms with van der Waals surface area (Å²) in [5.41, 5.74) is 1.44. The van der Waals surface area contributed by atoms with Crippen LogP contribution >= 0.6 is 11.8 Å². The van der Waals surface area contributed by atoms with Crippen molar-refractivity contribution in [1.29, 1.82) is 0 Å². The molecule has 1 N–H and O–H groups in total. The number of rotatable bonds is 2. The highest BCUT2D eigenvalue weighted by atomic mass is 32.2. The van der Waals surface area contributed by atoms with E-state index < -0.39 is 0 Å². The topological polar surface area (TPSA) is 64.4 Å². The highest BCUT2D eigenvalue weighted by Crippen LogP contribution is 2.29. The Balaban J connectivity index is 1.98. The monoisotopic (exact) mass is 250 g/mol. The van der Waals surface area contributed by atoms with Gasteiger partial charge in [-0.25, -0.2) is 4.98 Å². The molecule has 1 amide bonds. The first-order valence-electron chi connectivity index (χ1n) is 5.14. The van der Waals surface area contributed by atoms with Crippen LogP contribution in [0.1, 0.15) is 11.9 Å². The van der Waals surface area contributed by atoms with E-state index in [9.17, 15) is 4.79 Å². The number of thioether (sulfide) groups is 1. The first kappa shape index (κ1) is 10.5.